The Bertz CT molecular complexity index is 802. The van der Waals surface area contributed by atoms with Crippen molar-refractivity contribution >= 4 is 16.6 Å². The lowest BCUT2D eigenvalue weighted by Crippen LogP contribution is -2.23. The van der Waals surface area contributed by atoms with Gasteiger partial charge in [0.15, 0.2) is 0 Å². The lowest BCUT2D eigenvalue weighted by atomic mass is 10.1. The topological polar surface area (TPSA) is 74.0 Å². The number of pyridine rings is 1. The van der Waals surface area contributed by atoms with Crippen LogP contribution in [0.4, 0.5) is 5.82 Å². The molecule has 3 aromatic rings. The van der Waals surface area contributed by atoms with Crippen molar-refractivity contribution in [3.8, 4) is 0 Å². The van der Waals surface area contributed by atoms with E-state index in [-0.39, 0.29) is 5.56 Å². The highest BCUT2D eigenvalue weighted by Gasteiger charge is 2.09. The van der Waals surface area contributed by atoms with Crippen molar-refractivity contribution in [3.63, 3.8) is 0 Å². The van der Waals surface area contributed by atoms with Gasteiger partial charge in [-0.2, -0.15) is 0 Å². The van der Waals surface area contributed by atoms with E-state index in [0.29, 0.717) is 29.2 Å². The van der Waals surface area contributed by atoms with Crippen LogP contribution in [0, 0.1) is 6.92 Å². The van der Waals surface area contributed by atoms with Crippen molar-refractivity contribution in [1.82, 2.24) is 9.72 Å². The molecule has 96 valence electrons. The van der Waals surface area contributed by atoms with E-state index in [1.165, 1.54) is 4.57 Å². The van der Waals surface area contributed by atoms with Gasteiger partial charge in [0.25, 0.3) is 5.56 Å². The van der Waals surface area contributed by atoms with E-state index in [1.54, 1.807) is 18.2 Å². The minimum absolute atomic E-state index is 0.115. The van der Waals surface area contributed by atoms with Crippen LogP contribution in [0.5, 0.6) is 0 Å². The van der Waals surface area contributed by atoms with E-state index >= 15 is 0 Å². The Balaban J connectivity index is 2.15. The Morgan fingerprint density at radius 1 is 1.32 bits per heavy atom. The van der Waals surface area contributed by atoms with Gasteiger partial charge in [-0.05, 0) is 24.4 Å². The molecule has 0 aliphatic carbocycles. The fraction of sp³-hybridized carbons (Fsp3) is 0.143. The molecule has 5 nitrogen and oxygen atoms in total. The smallest absolute Gasteiger partial charge is 0.260 e. The molecular formula is C14H13N3O2. The summed E-state index contributed by atoms with van der Waals surface area (Å²) >= 11 is 0. The molecule has 0 radical (unpaired) electrons. The molecule has 19 heavy (non-hydrogen) atoms. The summed E-state index contributed by atoms with van der Waals surface area (Å²) in [7, 11) is 0. The number of aromatic nitrogens is 2. The van der Waals surface area contributed by atoms with Gasteiger partial charge in [-0.15, -0.1) is 0 Å². The van der Waals surface area contributed by atoms with Crippen molar-refractivity contribution in [2.75, 3.05) is 5.73 Å². The van der Waals surface area contributed by atoms with Gasteiger partial charge < -0.3 is 10.3 Å². The molecule has 0 bridgehead atoms. The number of nitrogens with zero attached hydrogens (tertiary/aromatic N) is 2. The number of fused-ring (bicyclic) bond motifs is 1. The van der Waals surface area contributed by atoms with Crippen LogP contribution < -0.4 is 11.3 Å². The van der Waals surface area contributed by atoms with Gasteiger partial charge in [-0.25, -0.2) is 0 Å². The number of anilines is 1. The Hall–Kier alpha value is -2.56. The summed E-state index contributed by atoms with van der Waals surface area (Å²) < 4.78 is 6.50. The molecule has 2 heterocycles. The molecule has 2 aromatic heterocycles. The zero-order valence-electron chi connectivity index (χ0n) is 10.5. The molecule has 1 aromatic carbocycles. The first-order valence-electron chi connectivity index (χ1n) is 5.95. The minimum atomic E-state index is -0.115. The summed E-state index contributed by atoms with van der Waals surface area (Å²) in [4.78, 5) is 12.4. The van der Waals surface area contributed by atoms with E-state index in [0.717, 1.165) is 5.39 Å². The molecule has 0 unspecified atom stereocenters. The lowest BCUT2D eigenvalue weighted by Gasteiger charge is -2.09. The number of hydrogen-bond donors (Lipinski definition) is 1. The third kappa shape index (κ3) is 1.99. The number of benzene rings is 1. The lowest BCUT2D eigenvalue weighted by molar-refractivity contribution is 0.389. The van der Waals surface area contributed by atoms with Gasteiger partial charge in [0.1, 0.15) is 17.3 Å². The number of rotatable bonds is 2. The fourth-order valence-electron chi connectivity index (χ4n) is 2.14. The Labute approximate surface area is 109 Å². The third-order valence-corrected chi connectivity index (χ3v) is 3.05. The van der Waals surface area contributed by atoms with Gasteiger partial charge in [-0.1, -0.05) is 23.4 Å². The van der Waals surface area contributed by atoms with Crippen LogP contribution in [-0.2, 0) is 6.54 Å². The van der Waals surface area contributed by atoms with E-state index in [9.17, 15) is 4.79 Å². The Morgan fingerprint density at radius 3 is 2.84 bits per heavy atom. The highest BCUT2D eigenvalue weighted by atomic mass is 16.5. The van der Waals surface area contributed by atoms with E-state index < -0.39 is 0 Å². The normalized spacial score (nSPS) is 11.0. The maximum atomic E-state index is 12.4. The SMILES string of the molecule is Cc1cc(Cn2c(N)cc3ccccc3c2=O)no1. The minimum Gasteiger partial charge on any atom is -0.385 e. The van der Waals surface area contributed by atoms with Crippen molar-refractivity contribution in [2.24, 2.45) is 0 Å². The van der Waals surface area contributed by atoms with Gasteiger partial charge in [0.05, 0.1) is 6.54 Å². The second kappa shape index (κ2) is 4.28. The average Bonchev–Trinajstić information content (AvgIpc) is 2.80. The van der Waals surface area contributed by atoms with Crippen molar-refractivity contribution in [2.45, 2.75) is 13.5 Å². The number of nitrogen functional groups attached to an aromatic ring is 1. The summed E-state index contributed by atoms with van der Waals surface area (Å²) in [5, 5.41) is 5.38. The Kier molecular flexibility index (Phi) is 2.59. The predicted molar refractivity (Wildman–Crippen MR) is 73.0 cm³/mol. The molecule has 0 saturated carbocycles. The zero-order valence-corrected chi connectivity index (χ0v) is 10.5. The third-order valence-electron chi connectivity index (χ3n) is 3.05. The van der Waals surface area contributed by atoms with Crippen LogP contribution in [0.25, 0.3) is 10.8 Å². The van der Waals surface area contributed by atoms with Crippen molar-refractivity contribution in [3.05, 3.63) is 58.2 Å². The van der Waals surface area contributed by atoms with Crippen molar-refractivity contribution in [1.29, 1.82) is 0 Å². The summed E-state index contributed by atoms with van der Waals surface area (Å²) in [6, 6.07) is 11.0. The van der Waals surface area contributed by atoms with Crippen molar-refractivity contribution < 1.29 is 4.52 Å². The standard InChI is InChI=1S/C14H13N3O2/c1-9-6-11(16-19-9)8-17-13(15)7-10-4-2-3-5-12(10)14(17)18/h2-7H,8,15H2,1H3. The molecule has 0 amide bonds. The molecule has 0 fully saturated rings. The quantitative estimate of drug-likeness (QED) is 0.759. The number of nitrogens with two attached hydrogens (primary N) is 1. The largest absolute Gasteiger partial charge is 0.385 e. The molecule has 5 heteroatoms. The maximum absolute atomic E-state index is 12.4. The monoisotopic (exact) mass is 255 g/mol. The second-order valence-corrected chi connectivity index (χ2v) is 4.48. The van der Waals surface area contributed by atoms with Crippen LogP contribution in [0.3, 0.4) is 0 Å². The molecular weight excluding hydrogens is 242 g/mol. The van der Waals surface area contributed by atoms with E-state index in [1.807, 2.05) is 25.1 Å². The van der Waals surface area contributed by atoms with Crippen LogP contribution in [-0.4, -0.2) is 9.72 Å². The van der Waals surface area contributed by atoms with Gasteiger partial charge >= 0.3 is 0 Å². The second-order valence-electron chi connectivity index (χ2n) is 4.48. The Morgan fingerprint density at radius 2 is 2.11 bits per heavy atom. The first-order chi connectivity index (χ1) is 9.15. The summed E-state index contributed by atoms with van der Waals surface area (Å²) in [5.74, 6) is 1.13. The van der Waals surface area contributed by atoms with E-state index in [2.05, 4.69) is 5.16 Å². The van der Waals surface area contributed by atoms with Gasteiger partial charge in [0.2, 0.25) is 0 Å². The first-order valence-corrected chi connectivity index (χ1v) is 5.95. The highest BCUT2D eigenvalue weighted by Crippen LogP contribution is 2.14. The summed E-state index contributed by atoms with van der Waals surface area (Å²) in [6.07, 6.45) is 0. The molecule has 0 saturated heterocycles. The number of aryl methyl sites for hydroxylation is 1. The van der Waals surface area contributed by atoms with Crippen LogP contribution in [0.15, 0.2) is 45.7 Å². The van der Waals surface area contributed by atoms with Crippen LogP contribution in [0.2, 0.25) is 0 Å². The van der Waals surface area contributed by atoms with Crippen LogP contribution in [0.1, 0.15) is 11.5 Å². The zero-order chi connectivity index (χ0) is 13.4. The summed E-state index contributed by atoms with van der Waals surface area (Å²) in [5.41, 5.74) is 6.51. The van der Waals surface area contributed by atoms with Gasteiger partial charge in [0, 0.05) is 11.5 Å². The first kappa shape index (κ1) is 11.5. The average molecular weight is 255 g/mol. The number of hydrogen-bond acceptors (Lipinski definition) is 4. The molecule has 0 atom stereocenters. The summed E-state index contributed by atoms with van der Waals surface area (Å²) in [6.45, 7) is 2.12. The molecule has 0 aliphatic rings. The predicted octanol–water partition coefficient (Wildman–Crippen LogP) is 1.93. The van der Waals surface area contributed by atoms with E-state index in [4.69, 9.17) is 10.3 Å². The molecule has 0 aliphatic heterocycles. The fourth-order valence-corrected chi connectivity index (χ4v) is 2.14. The van der Waals surface area contributed by atoms with Crippen LogP contribution >= 0.6 is 0 Å². The maximum Gasteiger partial charge on any atom is 0.260 e. The molecule has 0 spiro atoms. The highest BCUT2D eigenvalue weighted by molar-refractivity contribution is 5.83. The molecule has 3 rings (SSSR count). The van der Waals surface area contributed by atoms with Gasteiger partial charge in [-0.3, -0.25) is 9.36 Å². The molecule has 2 N–H and O–H groups in total.